The maximum atomic E-state index is 12.3. The van der Waals surface area contributed by atoms with Crippen LogP contribution in [0.15, 0.2) is 47.6 Å². The Morgan fingerprint density at radius 1 is 1.21 bits per heavy atom. The summed E-state index contributed by atoms with van der Waals surface area (Å²) < 4.78 is 5.47. The quantitative estimate of drug-likeness (QED) is 0.630. The molecule has 1 aliphatic carbocycles. The van der Waals surface area contributed by atoms with Crippen molar-refractivity contribution >= 4 is 23.3 Å². The molecule has 0 fully saturated rings. The van der Waals surface area contributed by atoms with Crippen molar-refractivity contribution in [3.05, 3.63) is 42.5 Å². The number of hydrogen-bond donors (Lipinski definition) is 0. The summed E-state index contributed by atoms with van der Waals surface area (Å²) in [5.41, 5.74) is 0.982. The standard InChI is InChI=1S/C19H22N2O3/c1-14-7-5-6-8-15(14)13-24-19(23)17-11-12-18(22)21(20-17)16-9-3-2-4-10-16/h2-6,9-10,14-15H,7-8,11-13H2,1H3. The molecule has 3 rings (SSSR count). The summed E-state index contributed by atoms with van der Waals surface area (Å²) in [6, 6.07) is 9.14. The molecule has 24 heavy (non-hydrogen) atoms. The van der Waals surface area contributed by atoms with Crippen molar-refractivity contribution in [1.82, 2.24) is 0 Å². The molecule has 0 spiro atoms. The van der Waals surface area contributed by atoms with Crippen molar-refractivity contribution in [3.63, 3.8) is 0 Å². The molecule has 2 atom stereocenters. The van der Waals surface area contributed by atoms with Crippen LogP contribution in [0.2, 0.25) is 0 Å². The van der Waals surface area contributed by atoms with Crippen molar-refractivity contribution in [1.29, 1.82) is 0 Å². The summed E-state index contributed by atoms with van der Waals surface area (Å²) in [6.07, 6.45) is 6.89. The third kappa shape index (κ3) is 3.72. The van der Waals surface area contributed by atoms with Crippen molar-refractivity contribution in [2.75, 3.05) is 11.6 Å². The zero-order valence-corrected chi connectivity index (χ0v) is 13.9. The van der Waals surface area contributed by atoms with Gasteiger partial charge in [-0.3, -0.25) is 4.79 Å². The molecular formula is C19H22N2O3. The minimum Gasteiger partial charge on any atom is -0.461 e. The predicted molar refractivity (Wildman–Crippen MR) is 92.6 cm³/mol. The van der Waals surface area contributed by atoms with Gasteiger partial charge in [0.05, 0.1) is 12.3 Å². The van der Waals surface area contributed by atoms with Crippen LogP contribution in [0.5, 0.6) is 0 Å². The van der Waals surface area contributed by atoms with Gasteiger partial charge in [0.2, 0.25) is 5.91 Å². The lowest BCUT2D eigenvalue weighted by molar-refractivity contribution is -0.137. The van der Waals surface area contributed by atoms with Gasteiger partial charge in [0.25, 0.3) is 0 Å². The van der Waals surface area contributed by atoms with E-state index in [1.165, 1.54) is 5.01 Å². The second kappa shape index (κ2) is 7.43. The fraction of sp³-hybridized carbons (Fsp3) is 0.421. The molecule has 1 aromatic carbocycles. The van der Waals surface area contributed by atoms with Crippen LogP contribution in [0.4, 0.5) is 5.69 Å². The van der Waals surface area contributed by atoms with Gasteiger partial charge in [0.15, 0.2) is 0 Å². The maximum Gasteiger partial charge on any atom is 0.354 e. The number of carbonyl (C=O) groups is 2. The highest BCUT2D eigenvalue weighted by Gasteiger charge is 2.27. The fourth-order valence-electron chi connectivity index (χ4n) is 2.98. The number of benzene rings is 1. The van der Waals surface area contributed by atoms with Gasteiger partial charge in [-0.05, 0) is 36.8 Å². The van der Waals surface area contributed by atoms with Gasteiger partial charge in [-0.25, -0.2) is 9.80 Å². The van der Waals surface area contributed by atoms with Crippen LogP contribution < -0.4 is 5.01 Å². The predicted octanol–water partition coefficient (Wildman–Crippen LogP) is 3.31. The number of hydrazone groups is 1. The lowest BCUT2D eigenvalue weighted by atomic mass is 9.85. The molecular weight excluding hydrogens is 304 g/mol. The van der Waals surface area contributed by atoms with E-state index in [0.717, 1.165) is 12.8 Å². The number of hydrogen-bond acceptors (Lipinski definition) is 4. The van der Waals surface area contributed by atoms with E-state index in [2.05, 4.69) is 24.2 Å². The molecule has 0 N–H and O–H groups in total. The number of para-hydroxylation sites is 1. The Morgan fingerprint density at radius 3 is 2.71 bits per heavy atom. The molecule has 0 radical (unpaired) electrons. The van der Waals surface area contributed by atoms with Gasteiger partial charge in [0.1, 0.15) is 5.71 Å². The van der Waals surface area contributed by atoms with Crippen molar-refractivity contribution in [2.45, 2.75) is 32.6 Å². The Kier molecular flexibility index (Phi) is 5.08. The Labute approximate surface area is 142 Å². The lowest BCUT2D eigenvalue weighted by Crippen LogP contribution is -2.35. The van der Waals surface area contributed by atoms with Crippen LogP contribution in [0, 0.1) is 11.8 Å². The summed E-state index contributed by atoms with van der Waals surface area (Å²) in [5.74, 6) is 0.350. The fourth-order valence-corrected chi connectivity index (χ4v) is 2.98. The molecule has 1 aliphatic heterocycles. The molecule has 5 heteroatoms. The Morgan fingerprint density at radius 2 is 1.96 bits per heavy atom. The molecule has 1 amide bonds. The number of ether oxygens (including phenoxy) is 1. The Bertz CT molecular complexity index is 666. The zero-order valence-electron chi connectivity index (χ0n) is 13.9. The highest BCUT2D eigenvalue weighted by molar-refractivity contribution is 6.38. The van der Waals surface area contributed by atoms with Gasteiger partial charge < -0.3 is 4.74 Å². The lowest BCUT2D eigenvalue weighted by Gasteiger charge is -2.26. The van der Waals surface area contributed by atoms with Crippen molar-refractivity contribution in [3.8, 4) is 0 Å². The number of amides is 1. The summed E-state index contributed by atoms with van der Waals surface area (Å²) in [7, 11) is 0. The van der Waals surface area contributed by atoms with Crippen LogP contribution in [-0.4, -0.2) is 24.2 Å². The first-order valence-corrected chi connectivity index (χ1v) is 8.42. The molecule has 1 heterocycles. The molecule has 2 aliphatic rings. The highest BCUT2D eigenvalue weighted by atomic mass is 16.5. The molecule has 126 valence electrons. The van der Waals surface area contributed by atoms with E-state index in [4.69, 9.17) is 4.74 Å². The molecule has 0 aromatic heterocycles. The molecule has 2 unspecified atom stereocenters. The van der Waals surface area contributed by atoms with E-state index in [1.54, 1.807) is 12.1 Å². The average Bonchev–Trinajstić information content (AvgIpc) is 2.62. The smallest absolute Gasteiger partial charge is 0.354 e. The zero-order chi connectivity index (χ0) is 16.9. The van der Waals surface area contributed by atoms with Crippen LogP contribution in [0.1, 0.15) is 32.6 Å². The van der Waals surface area contributed by atoms with E-state index in [-0.39, 0.29) is 12.3 Å². The third-order valence-electron chi connectivity index (χ3n) is 4.62. The minimum absolute atomic E-state index is 0.108. The van der Waals surface area contributed by atoms with Crippen molar-refractivity contribution in [2.24, 2.45) is 16.9 Å². The maximum absolute atomic E-state index is 12.3. The summed E-state index contributed by atoms with van der Waals surface area (Å²) in [4.78, 5) is 24.4. The van der Waals surface area contributed by atoms with Gasteiger partial charge in [0, 0.05) is 12.8 Å². The van der Waals surface area contributed by atoms with E-state index in [9.17, 15) is 9.59 Å². The van der Waals surface area contributed by atoms with E-state index in [0.29, 0.717) is 36.3 Å². The molecule has 1 aromatic rings. The number of anilines is 1. The average molecular weight is 326 g/mol. The monoisotopic (exact) mass is 326 g/mol. The third-order valence-corrected chi connectivity index (χ3v) is 4.62. The Balaban J connectivity index is 1.65. The van der Waals surface area contributed by atoms with Gasteiger partial charge >= 0.3 is 5.97 Å². The molecule has 5 nitrogen and oxygen atoms in total. The Hall–Kier alpha value is -2.43. The van der Waals surface area contributed by atoms with E-state index in [1.807, 2.05) is 18.2 Å². The second-order valence-electron chi connectivity index (χ2n) is 6.37. The molecule has 0 bridgehead atoms. The highest BCUT2D eigenvalue weighted by Crippen LogP contribution is 2.25. The van der Waals surface area contributed by atoms with E-state index >= 15 is 0 Å². The minimum atomic E-state index is -0.412. The van der Waals surface area contributed by atoms with Crippen LogP contribution in [-0.2, 0) is 14.3 Å². The number of esters is 1. The van der Waals surface area contributed by atoms with Gasteiger partial charge in [-0.1, -0.05) is 37.3 Å². The number of nitrogens with zero attached hydrogens (tertiary/aromatic N) is 2. The topological polar surface area (TPSA) is 59.0 Å². The first-order valence-electron chi connectivity index (χ1n) is 8.42. The van der Waals surface area contributed by atoms with Crippen LogP contribution in [0.25, 0.3) is 0 Å². The molecule has 0 saturated carbocycles. The number of rotatable bonds is 4. The van der Waals surface area contributed by atoms with E-state index < -0.39 is 5.97 Å². The summed E-state index contributed by atoms with van der Waals surface area (Å²) in [5, 5.41) is 5.53. The first-order chi connectivity index (χ1) is 11.6. The van der Waals surface area contributed by atoms with Crippen LogP contribution in [0.3, 0.4) is 0 Å². The largest absolute Gasteiger partial charge is 0.461 e. The number of allylic oxidation sites excluding steroid dienone is 2. The molecule has 0 saturated heterocycles. The van der Waals surface area contributed by atoms with Crippen LogP contribution >= 0.6 is 0 Å². The van der Waals surface area contributed by atoms with Crippen molar-refractivity contribution < 1.29 is 14.3 Å². The summed E-state index contributed by atoms with van der Waals surface area (Å²) in [6.45, 7) is 2.58. The number of carbonyl (C=O) groups excluding carboxylic acids is 2. The SMILES string of the molecule is CC1CC=CCC1COC(=O)C1=NN(c2ccccc2)C(=O)CC1. The first kappa shape index (κ1) is 16.4. The van der Waals surface area contributed by atoms with Gasteiger partial charge in [-0.2, -0.15) is 5.10 Å². The normalized spacial score (nSPS) is 23.8. The second-order valence-corrected chi connectivity index (χ2v) is 6.37. The summed E-state index contributed by atoms with van der Waals surface area (Å²) >= 11 is 0. The van der Waals surface area contributed by atoms with Gasteiger partial charge in [-0.15, -0.1) is 0 Å².